The van der Waals surface area contributed by atoms with E-state index >= 15 is 0 Å². The number of para-hydroxylation sites is 2. The number of hydrogen-bond donors (Lipinski definition) is 3. The SMILES string of the molecule is O=C(CNC(=O)c1ccc(F)c(Cl)c1)Nc1nc2ccccc2[nH]1. The number of fused-ring (bicyclic) bond motifs is 1. The number of aromatic nitrogens is 2. The molecule has 3 aromatic rings. The van der Waals surface area contributed by atoms with Crippen molar-refractivity contribution in [3.8, 4) is 0 Å². The first kappa shape index (κ1) is 15.9. The first-order chi connectivity index (χ1) is 11.5. The van der Waals surface area contributed by atoms with E-state index in [2.05, 4.69) is 20.6 Å². The number of benzene rings is 2. The number of carbonyl (C=O) groups excluding carboxylic acids is 2. The summed E-state index contributed by atoms with van der Waals surface area (Å²) in [5.74, 6) is -1.30. The maximum absolute atomic E-state index is 13.1. The monoisotopic (exact) mass is 346 g/mol. The standard InChI is InChI=1S/C16H12ClFN4O2/c17-10-7-9(5-6-11(10)18)15(24)19-8-14(23)22-16-20-12-3-1-2-4-13(12)21-16/h1-7H,8H2,(H,19,24)(H2,20,21,22,23). The van der Waals surface area contributed by atoms with Gasteiger partial charge in [-0.3, -0.25) is 14.9 Å². The van der Waals surface area contributed by atoms with Crippen LogP contribution in [-0.2, 0) is 4.79 Å². The van der Waals surface area contributed by atoms with Gasteiger partial charge in [0.2, 0.25) is 11.9 Å². The summed E-state index contributed by atoms with van der Waals surface area (Å²) in [6.07, 6.45) is 0. The van der Waals surface area contributed by atoms with Crippen LogP contribution >= 0.6 is 11.6 Å². The second kappa shape index (κ2) is 6.67. The molecular weight excluding hydrogens is 335 g/mol. The van der Waals surface area contributed by atoms with Crippen molar-refractivity contribution in [2.45, 2.75) is 0 Å². The van der Waals surface area contributed by atoms with Gasteiger partial charge in [0.15, 0.2) is 0 Å². The Morgan fingerprint density at radius 1 is 1.21 bits per heavy atom. The van der Waals surface area contributed by atoms with Crippen LogP contribution in [0, 0.1) is 5.82 Å². The van der Waals surface area contributed by atoms with Gasteiger partial charge in [-0.05, 0) is 30.3 Å². The summed E-state index contributed by atoms with van der Waals surface area (Å²) in [7, 11) is 0. The summed E-state index contributed by atoms with van der Waals surface area (Å²) < 4.78 is 13.1. The molecule has 3 rings (SSSR count). The third kappa shape index (κ3) is 3.52. The van der Waals surface area contributed by atoms with Crippen molar-refractivity contribution in [2.24, 2.45) is 0 Å². The van der Waals surface area contributed by atoms with E-state index in [1.54, 1.807) is 0 Å². The maximum atomic E-state index is 13.1. The van der Waals surface area contributed by atoms with Gasteiger partial charge in [0, 0.05) is 5.56 Å². The third-order valence-electron chi connectivity index (χ3n) is 3.24. The first-order valence-electron chi connectivity index (χ1n) is 7.01. The van der Waals surface area contributed by atoms with Crippen LogP contribution < -0.4 is 10.6 Å². The van der Waals surface area contributed by atoms with E-state index in [0.717, 1.165) is 17.1 Å². The minimum Gasteiger partial charge on any atom is -0.343 e. The summed E-state index contributed by atoms with van der Waals surface area (Å²) >= 11 is 5.62. The number of rotatable bonds is 4. The molecule has 1 heterocycles. The third-order valence-corrected chi connectivity index (χ3v) is 3.53. The topological polar surface area (TPSA) is 86.9 Å². The number of aromatic amines is 1. The lowest BCUT2D eigenvalue weighted by Crippen LogP contribution is -2.33. The summed E-state index contributed by atoms with van der Waals surface area (Å²) in [6.45, 7) is -0.259. The smallest absolute Gasteiger partial charge is 0.251 e. The molecule has 0 fully saturated rings. The van der Waals surface area contributed by atoms with Crippen molar-refractivity contribution in [3.63, 3.8) is 0 Å². The Hall–Kier alpha value is -2.93. The van der Waals surface area contributed by atoms with E-state index < -0.39 is 17.6 Å². The van der Waals surface area contributed by atoms with E-state index in [4.69, 9.17) is 11.6 Å². The number of halogens is 2. The number of imidazole rings is 1. The highest BCUT2D eigenvalue weighted by Crippen LogP contribution is 2.16. The van der Waals surface area contributed by atoms with Gasteiger partial charge in [0.1, 0.15) is 5.82 Å². The quantitative estimate of drug-likeness (QED) is 0.679. The fourth-order valence-corrected chi connectivity index (χ4v) is 2.27. The van der Waals surface area contributed by atoms with Gasteiger partial charge in [-0.1, -0.05) is 23.7 Å². The molecule has 24 heavy (non-hydrogen) atoms. The summed E-state index contributed by atoms with van der Waals surface area (Å²) in [6, 6.07) is 10.9. The highest BCUT2D eigenvalue weighted by atomic mass is 35.5. The number of anilines is 1. The van der Waals surface area contributed by atoms with Crippen LogP contribution in [-0.4, -0.2) is 28.3 Å². The molecule has 0 saturated carbocycles. The van der Waals surface area contributed by atoms with E-state index in [1.165, 1.54) is 12.1 Å². The molecular formula is C16H12ClFN4O2. The number of nitrogens with zero attached hydrogens (tertiary/aromatic N) is 1. The van der Waals surface area contributed by atoms with Crippen molar-refractivity contribution in [1.29, 1.82) is 0 Å². The zero-order valence-electron chi connectivity index (χ0n) is 12.3. The molecule has 0 unspecified atom stereocenters. The predicted octanol–water partition coefficient (Wildman–Crippen LogP) is 2.72. The Kier molecular flexibility index (Phi) is 4.43. The average Bonchev–Trinajstić information content (AvgIpc) is 2.97. The lowest BCUT2D eigenvalue weighted by molar-refractivity contribution is -0.115. The summed E-state index contributed by atoms with van der Waals surface area (Å²) in [5, 5.41) is 4.82. The Labute approximate surface area is 141 Å². The number of hydrogen-bond acceptors (Lipinski definition) is 3. The number of nitrogens with one attached hydrogen (secondary N) is 3. The molecule has 0 bridgehead atoms. The summed E-state index contributed by atoms with van der Waals surface area (Å²) in [4.78, 5) is 30.9. The van der Waals surface area contributed by atoms with E-state index in [0.29, 0.717) is 5.95 Å². The lowest BCUT2D eigenvalue weighted by Gasteiger charge is -2.05. The highest BCUT2D eigenvalue weighted by molar-refractivity contribution is 6.31. The first-order valence-corrected chi connectivity index (χ1v) is 7.38. The maximum Gasteiger partial charge on any atom is 0.251 e. The zero-order chi connectivity index (χ0) is 17.1. The van der Waals surface area contributed by atoms with Gasteiger partial charge in [-0.15, -0.1) is 0 Å². The Morgan fingerprint density at radius 3 is 2.75 bits per heavy atom. The van der Waals surface area contributed by atoms with Gasteiger partial charge in [0.05, 0.1) is 22.6 Å². The molecule has 2 aromatic carbocycles. The Bertz CT molecular complexity index is 892. The van der Waals surface area contributed by atoms with Crippen LogP contribution in [0.5, 0.6) is 0 Å². The zero-order valence-corrected chi connectivity index (χ0v) is 13.0. The molecule has 0 aliphatic rings. The molecule has 0 aliphatic carbocycles. The largest absolute Gasteiger partial charge is 0.343 e. The molecule has 1 aromatic heterocycles. The molecule has 0 spiro atoms. The molecule has 0 aliphatic heterocycles. The predicted molar refractivity (Wildman–Crippen MR) is 88.5 cm³/mol. The normalized spacial score (nSPS) is 10.6. The molecule has 0 atom stereocenters. The van der Waals surface area contributed by atoms with Crippen molar-refractivity contribution in [2.75, 3.05) is 11.9 Å². The minimum absolute atomic E-state index is 0.158. The molecule has 8 heteroatoms. The molecule has 3 N–H and O–H groups in total. The fourth-order valence-electron chi connectivity index (χ4n) is 2.09. The lowest BCUT2D eigenvalue weighted by atomic mass is 10.2. The summed E-state index contributed by atoms with van der Waals surface area (Å²) in [5.41, 5.74) is 1.67. The van der Waals surface area contributed by atoms with Crippen LogP contribution in [0.3, 0.4) is 0 Å². The van der Waals surface area contributed by atoms with Crippen LogP contribution in [0.4, 0.5) is 10.3 Å². The molecule has 6 nitrogen and oxygen atoms in total. The van der Waals surface area contributed by atoms with Crippen molar-refractivity contribution < 1.29 is 14.0 Å². The van der Waals surface area contributed by atoms with Crippen LogP contribution in [0.25, 0.3) is 11.0 Å². The van der Waals surface area contributed by atoms with Crippen LogP contribution in [0.15, 0.2) is 42.5 Å². The number of carbonyl (C=O) groups is 2. The minimum atomic E-state index is -0.615. The van der Waals surface area contributed by atoms with Gasteiger partial charge < -0.3 is 10.3 Å². The van der Waals surface area contributed by atoms with E-state index in [9.17, 15) is 14.0 Å². The molecule has 122 valence electrons. The Morgan fingerprint density at radius 2 is 2.00 bits per heavy atom. The second-order valence-corrected chi connectivity index (χ2v) is 5.37. The number of H-pyrrole nitrogens is 1. The van der Waals surface area contributed by atoms with Gasteiger partial charge in [-0.25, -0.2) is 9.37 Å². The number of amides is 2. The van der Waals surface area contributed by atoms with Crippen molar-refractivity contribution >= 4 is 40.4 Å². The second-order valence-electron chi connectivity index (χ2n) is 4.96. The average molecular weight is 347 g/mol. The highest BCUT2D eigenvalue weighted by Gasteiger charge is 2.11. The van der Waals surface area contributed by atoms with Gasteiger partial charge in [0.25, 0.3) is 5.91 Å². The van der Waals surface area contributed by atoms with Gasteiger partial charge in [-0.2, -0.15) is 0 Å². The van der Waals surface area contributed by atoms with Crippen LogP contribution in [0.2, 0.25) is 5.02 Å². The van der Waals surface area contributed by atoms with Crippen molar-refractivity contribution in [1.82, 2.24) is 15.3 Å². The van der Waals surface area contributed by atoms with E-state index in [-0.39, 0.29) is 17.1 Å². The van der Waals surface area contributed by atoms with Gasteiger partial charge >= 0.3 is 0 Å². The Balaban J connectivity index is 1.58. The van der Waals surface area contributed by atoms with Crippen molar-refractivity contribution in [3.05, 3.63) is 58.9 Å². The molecule has 0 saturated heterocycles. The van der Waals surface area contributed by atoms with Crippen LogP contribution in [0.1, 0.15) is 10.4 Å². The molecule has 2 amide bonds. The molecule has 0 radical (unpaired) electrons. The fraction of sp³-hybridized carbons (Fsp3) is 0.0625. The van der Waals surface area contributed by atoms with E-state index in [1.807, 2.05) is 24.3 Å².